The smallest absolute Gasteiger partial charge is 0.180 e. The lowest BCUT2D eigenvalue weighted by molar-refractivity contribution is 0.412. The Hall–Kier alpha value is -2.69. The molecule has 3 rings (SSSR count). The van der Waals surface area contributed by atoms with Crippen LogP contribution in [0.3, 0.4) is 0 Å². The number of nitrogens with zero attached hydrogens (tertiary/aromatic N) is 4. The predicted octanol–water partition coefficient (Wildman–Crippen LogP) is 2.34. The van der Waals surface area contributed by atoms with Crippen LogP contribution in [-0.2, 0) is 0 Å². The van der Waals surface area contributed by atoms with E-state index in [1.807, 2.05) is 36.5 Å². The van der Waals surface area contributed by atoms with Crippen molar-refractivity contribution in [2.45, 2.75) is 0 Å². The summed E-state index contributed by atoms with van der Waals surface area (Å²) in [5.41, 5.74) is 1.61. The summed E-state index contributed by atoms with van der Waals surface area (Å²) in [4.78, 5) is 8.36. The largest absolute Gasteiger partial charge is 0.494 e. The second kappa shape index (κ2) is 4.89. The minimum atomic E-state index is 0.608. The van der Waals surface area contributed by atoms with E-state index in [2.05, 4.69) is 15.1 Å². The molecule has 1 aromatic carbocycles. The lowest BCUT2D eigenvalue weighted by atomic mass is 10.3. The van der Waals surface area contributed by atoms with E-state index < -0.39 is 0 Å². The number of rotatable bonds is 3. The van der Waals surface area contributed by atoms with Gasteiger partial charge in [-0.05, 0) is 24.3 Å². The Morgan fingerprint density at radius 1 is 1.00 bits per heavy atom. The van der Waals surface area contributed by atoms with E-state index in [-0.39, 0.29) is 0 Å². The summed E-state index contributed by atoms with van der Waals surface area (Å²) in [6.45, 7) is 0. The molecule has 0 saturated heterocycles. The van der Waals surface area contributed by atoms with Crippen LogP contribution < -0.4 is 4.74 Å². The van der Waals surface area contributed by atoms with Gasteiger partial charge in [-0.15, -0.1) is 0 Å². The molecule has 0 aliphatic carbocycles. The standard InChI is InChI=1S/C14H12N4O/c1-19-13-6-3-2-5-12(13)18-10-7-11(17-18)14-15-8-4-9-16-14/h2-10H,1H3. The first kappa shape index (κ1) is 11.4. The normalized spacial score (nSPS) is 10.4. The molecular weight excluding hydrogens is 240 g/mol. The van der Waals surface area contributed by atoms with Crippen molar-refractivity contribution in [1.82, 2.24) is 19.7 Å². The van der Waals surface area contributed by atoms with E-state index in [1.165, 1.54) is 0 Å². The van der Waals surface area contributed by atoms with Gasteiger partial charge in [0.2, 0.25) is 0 Å². The highest BCUT2D eigenvalue weighted by atomic mass is 16.5. The van der Waals surface area contributed by atoms with E-state index in [1.54, 1.807) is 30.3 Å². The summed E-state index contributed by atoms with van der Waals surface area (Å²) in [6.07, 6.45) is 5.26. The van der Waals surface area contributed by atoms with Gasteiger partial charge in [0, 0.05) is 18.6 Å². The molecule has 0 unspecified atom stereocenters. The van der Waals surface area contributed by atoms with Crippen LogP contribution >= 0.6 is 0 Å². The molecule has 0 aliphatic rings. The van der Waals surface area contributed by atoms with Gasteiger partial charge in [-0.3, -0.25) is 0 Å². The maximum atomic E-state index is 5.32. The Kier molecular flexibility index (Phi) is 2.94. The quantitative estimate of drug-likeness (QED) is 0.718. The number of benzene rings is 1. The Balaban J connectivity index is 2.02. The zero-order valence-electron chi connectivity index (χ0n) is 10.4. The molecule has 3 aromatic rings. The molecule has 0 radical (unpaired) electrons. The molecule has 5 heteroatoms. The number of methoxy groups -OCH3 is 1. The third kappa shape index (κ3) is 2.18. The van der Waals surface area contributed by atoms with Crippen LogP contribution in [0.2, 0.25) is 0 Å². The molecule has 2 heterocycles. The SMILES string of the molecule is COc1ccccc1-n1ccc(-c2ncccn2)n1. The van der Waals surface area contributed by atoms with Crippen molar-refractivity contribution >= 4 is 0 Å². The van der Waals surface area contributed by atoms with Crippen LogP contribution in [0, 0.1) is 0 Å². The molecule has 0 fully saturated rings. The summed E-state index contributed by atoms with van der Waals surface area (Å²) < 4.78 is 7.08. The van der Waals surface area contributed by atoms with Gasteiger partial charge in [0.05, 0.1) is 7.11 Å². The molecule has 0 amide bonds. The predicted molar refractivity (Wildman–Crippen MR) is 71.1 cm³/mol. The zero-order valence-corrected chi connectivity index (χ0v) is 10.4. The van der Waals surface area contributed by atoms with Crippen molar-refractivity contribution < 1.29 is 4.74 Å². The van der Waals surface area contributed by atoms with E-state index in [4.69, 9.17) is 4.74 Å². The van der Waals surface area contributed by atoms with Crippen molar-refractivity contribution in [2.24, 2.45) is 0 Å². The molecular formula is C14H12N4O. The Bertz CT molecular complexity index is 679. The summed E-state index contributed by atoms with van der Waals surface area (Å²) in [5, 5.41) is 4.47. The summed E-state index contributed by atoms with van der Waals surface area (Å²) in [6, 6.07) is 11.4. The number of ether oxygens (including phenoxy) is 1. The summed E-state index contributed by atoms with van der Waals surface area (Å²) >= 11 is 0. The maximum absolute atomic E-state index is 5.32. The van der Waals surface area contributed by atoms with Crippen LogP contribution in [0.1, 0.15) is 0 Å². The lowest BCUT2D eigenvalue weighted by Gasteiger charge is -2.07. The minimum absolute atomic E-state index is 0.608. The van der Waals surface area contributed by atoms with Crippen LogP contribution in [-0.4, -0.2) is 26.9 Å². The van der Waals surface area contributed by atoms with Crippen molar-refractivity contribution in [2.75, 3.05) is 7.11 Å². The fourth-order valence-electron chi connectivity index (χ4n) is 1.83. The molecule has 0 saturated carbocycles. The zero-order chi connectivity index (χ0) is 13.1. The molecule has 0 spiro atoms. The van der Waals surface area contributed by atoms with Gasteiger partial charge in [0.1, 0.15) is 17.1 Å². The van der Waals surface area contributed by atoms with Crippen LogP contribution in [0.15, 0.2) is 55.0 Å². The first-order valence-electron chi connectivity index (χ1n) is 5.85. The second-order valence-corrected chi connectivity index (χ2v) is 3.89. The third-order valence-corrected chi connectivity index (χ3v) is 2.72. The topological polar surface area (TPSA) is 52.8 Å². The van der Waals surface area contributed by atoms with Gasteiger partial charge in [0.25, 0.3) is 0 Å². The molecule has 19 heavy (non-hydrogen) atoms. The number of para-hydroxylation sites is 2. The maximum Gasteiger partial charge on any atom is 0.180 e. The molecule has 5 nitrogen and oxygen atoms in total. The molecule has 0 aliphatic heterocycles. The third-order valence-electron chi connectivity index (χ3n) is 2.72. The number of hydrogen-bond acceptors (Lipinski definition) is 4. The Morgan fingerprint density at radius 3 is 2.58 bits per heavy atom. The molecule has 2 aromatic heterocycles. The van der Waals surface area contributed by atoms with E-state index in [0.29, 0.717) is 5.82 Å². The second-order valence-electron chi connectivity index (χ2n) is 3.89. The van der Waals surface area contributed by atoms with Gasteiger partial charge < -0.3 is 4.74 Å². The summed E-state index contributed by atoms with van der Waals surface area (Å²) in [5.74, 6) is 1.38. The highest BCUT2D eigenvalue weighted by Gasteiger charge is 2.08. The van der Waals surface area contributed by atoms with Gasteiger partial charge in [0.15, 0.2) is 5.82 Å². The van der Waals surface area contributed by atoms with Gasteiger partial charge in [-0.1, -0.05) is 12.1 Å². The number of aromatic nitrogens is 4. The summed E-state index contributed by atoms with van der Waals surface area (Å²) in [7, 11) is 1.64. The average Bonchev–Trinajstić information content (AvgIpc) is 2.98. The van der Waals surface area contributed by atoms with Crippen molar-refractivity contribution in [3.63, 3.8) is 0 Å². The monoisotopic (exact) mass is 252 g/mol. The average molecular weight is 252 g/mol. The highest BCUT2D eigenvalue weighted by Crippen LogP contribution is 2.22. The Labute approximate surface area is 110 Å². The molecule has 0 atom stereocenters. The highest BCUT2D eigenvalue weighted by molar-refractivity contribution is 5.51. The number of hydrogen-bond donors (Lipinski definition) is 0. The lowest BCUT2D eigenvalue weighted by Crippen LogP contribution is -1.99. The van der Waals surface area contributed by atoms with Gasteiger partial charge >= 0.3 is 0 Å². The van der Waals surface area contributed by atoms with Crippen molar-refractivity contribution in [1.29, 1.82) is 0 Å². The van der Waals surface area contributed by atoms with Gasteiger partial charge in [-0.2, -0.15) is 5.10 Å². The molecule has 0 N–H and O–H groups in total. The fourth-order valence-corrected chi connectivity index (χ4v) is 1.83. The molecule has 0 bridgehead atoms. The van der Waals surface area contributed by atoms with Gasteiger partial charge in [-0.25, -0.2) is 14.6 Å². The van der Waals surface area contributed by atoms with Crippen LogP contribution in [0.5, 0.6) is 5.75 Å². The first-order valence-corrected chi connectivity index (χ1v) is 5.85. The van der Waals surface area contributed by atoms with E-state index >= 15 is 0 Å². The van der Waals surface area contributed by atoms with Crippen LogP contribution in [0.25, 0.3) is 17.2 Å². The minimum Gasteiger partial charge on any atom is -0.494 e. The van der Waals surface area contributed by atoms with Crippen LogP contribution in [0.4, 0.5) is 0 Å². The fraction of sp³-hybridized carbons (Fsp3) is 0.0714. The molecule has 94 valence electrons. The first-order chi connectivity index (χ1) is 9.38. The van der Waals surface area contributed by atoms with Crippen molar-refractivity contribution in [3.8, 4) is 23.0 Å². The Morgan fingerprint density at radius 2 is 1.79 bits per heavy atom. The van der Waals surface area contributed by atoms with E-state index in [9.17, 15) is 0 Å². The van der Waals surface area contributed by atoms with E-state index in [0.717, 1.165) is 17.1 Å². The van der Waals surface area contributed by atoms with Crippen molar-refractivity contribution in [3.05, 3.63) is 55.0 Å².